The van der Waals surface area contributed by atoms with Gasteiger partial charge in [-0.15, -0.1) is 0 Å². The largest absolute Gasteiger partial charge is 0.497 e. The lowest BCUT2D eigenvalue weighted by molar-refractivity contribution is -0.122. The number of nitrogens with one attached hydrogen (secondary N) is 1. The fourth-order valence-electron chi connectivity index (χ4n) is 4.14. The fraction of sp³-hybridized carbons (Fsp3) is 0.346. The van der Waals surface area contributed by atoms with Crippen molar-refractivity contribution in [1.29, 1.82) is 0 Å². The highest BCUT2D eigenvalue weighted by Crippen LogP contribution is 2.32. The number of methoxy groups -OCH3 is 1. The maximum atomic E-state index is 12.9. The molecule has 2 aromatic carbocycles. The van der Waals surface area contributed by atoms with Gasteiger partial charge in [0.1, 0.15) is 5.75 Å². The summed E-state index contributed by atoms with van der Waals surface area (Å²) in [5.41, 5.74) is 1.06. The normalized spacial score (nSPS) is 18.2. The van der Waals surface area contributed by atoms with Crippen LogP contribution in [0.1, 0.15) is 41.6 Å². The minimum atomic E-state index is -3.59. The van der Waals surface area contributed by atoms with Crippen molar-refractivity contribution in [3.8, 4) is 5.75 Å². The van der Waals surface area contributed by atoms with Crippen LogP contribution in [-0.2, 0) is 14.8 Å². The molecule has 0 aliphatic carbocycles. The van der Waals surface area contributed by atoms with E-state index in [2.05, 4.69) is 5.32 Å². The van der Waals surface area contributed by atoms with Gasteiger partial charge in [0.25, 0.3) is 17.1 Å². The van der Waals surface area contributed by atoms with Crippen LogP contribution in [0.4, 0.5) is 4.79 Å². The monoisotopic (exact) mass is 543 g/mol. The number of benzene rings is 2. The summed E-state index contributed by atoms with van der Waals surface area (Å²) in [5.74, 6) is -0.141. The molecule has 2 fully saturated rings. The SMILES string of the molecule is COc1ccc(/C=C2/SC(=O)N(CCNC(=O)c3ccc(S(=O)(=O)N4CCCCCC4)cc3)C2=O)cc1. The number of rotatable bonds is 8. The van der Waals surface area contributed by atoms with Crippen LogP contribution in [0.2, 0.25) is 0 Å². The molecule has 0 radical (unpaired) electrons. The van der Waals surface area contributed by atoms with E-state index in [4.69, 9.17) is 4.74 Å². The quantitative estimate of drug-likeness (QED) is 0.505. The van der Waals surface area contributed by atoms with E-state index in [1.54, 1.807) is 37.5 Å². The molecule has 9 nitrogen and oxygen atoms in total. The molecule has 2 saturated heterocycles. The average molecular weight is 544 g/mol. The Morgan fingerprint density at radius 1 is 1.00 bits per heavy atom. The summed E-state index contributed by atoms with van der Waals surface area (Å²) in [7, 11) is -2.03. The Bertz CT molecular complexity index is 1280. The molecular weight excluding hydrogens is 514 g/mol. The van der Waals surface area contributed by atoms with Crippen LogP contribution in [0.5, 0.6) is 5.75 Å². The second-order valence-electron chi connectivity index (χ2n) is 8.71. The molecule has 196 valence electrons. The molecule has 2 aliphatic heterocycles. The van der Waals surface area contributed by atoms with Gasteiger partial charge in [0, 0.05) is 31.7 Å². The van der Waals surface area contributed by atoms with E-state index in [9.17, 15) is 22.8 Å². The molecule has 4 rings (SSSR count). The molecular formula is C26H29N3O6S2. The summed E-state index contributed by atoms with van der Waals surface area (Å²) in [6.45, 7) is 1.11. The number of carbonyl (C=O) groups excluding carboxylic acids is 3. The maximum Gasteiger partial charge on any atom is 0.293 e. The summed E-state index contributed by atoms with van der Waals surface area (Å²) in [5, 5.41) is 2.29. The van der Waals surface area contributed by atoms with Crippen molar-refractivity contribution in [2.45, 2.75) is 30.6 Å². The molecule has 3 amide bonds. The standard InChI is InChI=1S/C26H29N3O6S2/c1-35-21-10-6-19(7-11-21)18-23-25(31)29(26(32)36-23)17-14-27-24(30)20-8-12-22(13-9-20)37(33,34)28-15-4-2-3-5-16-28/h6-13,18H,2-5,14-17H2,1H3,(H,27,30)/b23-18+. The minimum absolute atomic E-state index is 0.0256. The highest BCUT2D eigenvalue weighted by atomic mass is 32.2. The number of ether oxygens (including phenoxy) is 1. The van der Waals surface area contributed by atoms with Crippen LogP contribution in [0.3, 0.4) is 0 Å². The van der Waals surface area contributed by atoms with Crippen molar-refractivity contribution in [1.82, 2.24) is 14.5 Å². The number of sulfonamides is 1. The molecule has 11 heteroatoms. The fourth-order valence-corrected chi connectivity index (χ4v) is 6.52. The van der Waals surface area contributed by atoms with Gasteiger partial charge < -0.3 is 10.1 Å². The number of carbonyl (C=O) groups is 3. The highest BCUT2D eigenvalue weighted by Gasteiger charge is 2.34. The van der Waals surface area contributed by atoms with Crippen molar-refractivity contribution in [3.05, 3.63) is 64.6 Å². The molecule has 0 unspecified atom stereocenters. The molecule has 0 aromatic heterocycles. The molecule has 2 heterocycles. The number of amides is 3. The Labute approximate surface area is 220 Å². The first-order valence-electron chi connectivity index (χ1n) is 12.1. The maximum absolute atomic E-state index is 12.9. The van der Waals surface area contributed by atoms with Crippen molar-refractivity contribution >= 4 is 44.9 Å². The first kappa shape index (κ1) is 26.9. The lowest BCUT2D eigenvalue weighted by Gasteiger charge is -2.20. The summed E-state index contributed by atoms with van der Waals surface area (Å²) < 4.78 is 32.5. The smallest absolute Gasteiger partial charge is 0.293 e. The van der Waals surface area contributed by atoms with E-state index >= 15 is 0 Å². The van der Waals surface area contributed by atoms with Gasteiger partial charge in [-0.05, 0) is 72.6 Å². The second kappa shape index (κ2) is 11.9. The van der Waals surface area contributed by atoms with Crippen LogP contribution < -0.4 is 10.1 Å². The van der Waals surface area contributed by atoms with E-state index in [0.717, 1.165) is 47.9 Å². The van der Waals surface area contributed by atoms with Crippen LogP contribution in [0, 0.1) is 0 Å². The average Bonchev–Trinajstić information content (AvgIpc) is 3.08. The zero-order valence-corrected chi connectivity index (χ0v) is 22.1. The molecule has 37 heavy (non-hydrogen) atoms. The predicted molar refractivity (Wildman–Crippen MR) is 142 cm³/mol. The Balaban J connectivity index is 1.31. The van der Waals surface area contributed by atoms with Gasteiger partial charge in [-0.25, -0.2) is 8.42 Å². The predicted octanol–water partition coefficient (Wildman–Crippen LogP) is 3.73. The van der Waals surface area contributed by atoms with Gasteiger partial charge in [-0.1, -0.05) is 25.0 Å². The number of imide groups is 1. The molecule has 0 spiro atoms. The molecule has 1 N–H and O–H groups in total. The summed E-state index contributed by atoms with van der Waals surface area (Å²) in [6.07, 6.45) is 5.39. The van der Waals surface area contributed by atoms with Crippen LogP contribution >= 0.6 is 11.8 Å². The number of thioether (sulfide) groups is 1. The minimum Gasteiger partial charge on any atom is -0.497 e. The van der Waals surface area contributed by atoms with Crippen molar-refractivity contribution < 1.29 is 27.5 Å². The third kappa shape index (κ3) is 6.41. The molecule has 0 saturated carbocycles. The Kier molecular flexibility index (Phi) is 8.67. The zero-order chi connectivity index (χ0) is 26.4. The van der Waals surface area contributed by atoms with Gasteiger partial charge in [-0.3, -0.25) is 19.3 Å². The van der Waals surface area contributed by atoms with Crippen molar-refractivity contribution in [2.24, 2.45) is 0 Å². The van der Waals surface area contributed by atoms with E-state index < -0.39 is 27.1 Å². The first-order valence-corrected chi connectivity index (χ1v) is 14.3. The Hall–Kier alpha value is -3.15. The Morgan fingerprint density at radius 2 is 1.65 bits per heavy atom. The van der Waals surface area contributed by atoms with Gasteiger partial charge in [-0.2, -0.15) is 4.31 Å². The van der Waals surface area contributed by atoms with Gasteiger partial charge in [0.05, 0.1) is 16.9 Å². The number of nitrogens with zero attached hydrogens (tertiary/aromatic N) is 2. The van der Waals surface area contributed by atoms with E-state index in [0.29, 0.717) is 29.3 Å². The third-order valence-electron chi connectivity index (χ3n) is 6.23. The van der Waals surface area contributed by atoms with Gasteiger partial charge in [0.15, 0.2) is 0 Å². The van der Waals surface area contributed by atoms with Crippen LogP contribution in [-0.4, -0.2) is 68.0 Å². The third-order valence-corrected chi connectivity index (χ3v) is 9.05. The second-order valence-corrected chi connectivity index (χ2v) is 11.6. The lowest BCUT2D eigenvalue weighted by Crippen LogP contribution is -2.37. The van der Waals surface area contributed by atoms with Crippen molar-refractivity contribution in [3.63, 3.8) is 0 Å². The number of hydrogen-bond acceptors (Lipinski definition) is 7. The summed E-state index contributed by atoms with van der Waals surface area (Å²) in [6, 6.07) is 12.9. The molecule has 0 atom stereocenters. The molecule has 0 bridgehead atoms. The van der Waals surface area contributed by atoms with E-state index in [1.807, 2.05) is 0 Å². The summed E-state index contributed by atoms with van der Waals surface area (Å²) in [4.78, 5) is 39.2. The van der Waals surface area contributed by atoms with E-state index in [-0.39, 0.29) is 18.0 Å². The zero-order valence-electron chi connectivity index (χ0n) is 20.5. The van der Waals surface area contributed by atoms with Crippen LogP contribution in [0.25, 0.3) is 6.08 Å². The molecule has 2 aromatic rings. The van der Waals surface area contributed by atoms with Crippen molar-refractivity contribution in [2.75, 3.05) is 33.3 Å². The topological polar surface area (TPSA) is 113 Å². The highest BCUT2D eigenvalue weighted by molar-refractivity contribution is 8.18. The first-order chi connectivity index (χ1) is 17.8. The molecule has 2 aliphatic rings. The lowest BCUT2D eigenvalue weighted by atomic mass is 10.2. The number of hydrogen-bond donors (Lipinski definition) is 1. The van der Waals surface area contributed by atoms with Gasteiger partial charge in [0.2, 0.25) is 10.0 Å². The van der Waals surface area contributed by atoms with E-state index in [1.165, 1.54) is 28.6 Å². The Morgan fingerprint density at radius 3 is 2.27 bits per heavy atom. The van der Waals surface area contributed by atoms with Gasteiger partial charge >= 0.3 is 0 Å². The summed E-state index contributed by atoms with van der Waals surface area (Å²) >= 11 is 0.852. The van der Waals surface area contributed by atoms with Crippen LogP contribution in [0.15, 0.2) is 58.3 Å².